The summed E-state index contributed by atoms with van der Waals surface area (Å²) < 4.78 is 39.6. The number of rotatable bonds is 3. The second kappa shape index (κ2) is 5.24. The SMILES string of the molecule is CNc1ncnc2c1nnn2Cc1cccc(C(F)(F)F)c1. The van der Waals surface area contributed by atoms with Crippen molar-refractivity contribution >= 4 is 17.0 Å². The van der Waals surface area contributed by atoms with Crippen molar-refractivity contribution in [1.82, 2.24) is 25.0 Å². The lowest BCUT2D eigenvalue weighted by atomic mass is 10.1. The van der Waals surface area contributed by atoms with Gasteiger partial charge in [0.2, 0.25) is 0 Å². The van der Waals surface area contributed by atoms with Crippen LogP contribution < -0.4 is 5.32 Å². The third-order valence-electron chi connectivity index (χ3n) is 3.12. The molecule has 22 heavy (non-hydrogen) atoms. The van der Waals surface area contributed by atoms with Gasteiger partial charge < -0.3 is 5.32 Å². The maximum atomic E-state index is 12.7. The molecular formula is C13H11F3N6. The van der Waals surface area contributed by atoms with Gasteiger partial charge >= 0.3 is 6.18 Å². The quantitative estimate of drug-likeness (QED) is 0.804. The van der Waals surface area contributed by atoms with Gasteiger partial charge in [-0.2, -0.15) is 13.2 Å². The van der Waals surface area contributed by atoms with E-state index in [9.17, 15) is 13.2 Å². The summed E-state index contributed by atoms with van der Waals surface area (Å²) in [4.78, 5) is 8.09. The van der Waals surface area contributed by atoms with E-state index in [4.69, 9.17) is 0 Å². The molecule has 0 unspecified atom stereocenters. The molecule has 1 N–H and O–H groups in total. The molecule has 0 spiro atoms. The van der Waals surface area contributed by atoms with Crippen LogP contribution in [0.15, 0.2) is 30.6 Å². The van der Waals surface area contributed by atoms with Gasteiger partial charge in [-0.1, -0.05) is 17.3 Å². The van der Waals surface area contributed by atoms with Crippen LogP contribution in [0, 0.1) is 0 Å². The van der Waals surface area contributed by atoms with Crippen molar-refractivity contribution in [3.05, 3.63) is 41.7 Å². The lowest BCUT2D eigenvalue weighted by Crippen LogP contribution is -2.08. The number of anilines is 1. The van der Waals surface area contributed by atoms with Crippen LogP contribution in [-0.4, -0.2) is 32.0 Å². The molecule has 0 saturated carbocycles. The number of hydrogen-bond acceptors (Lipinski definition) is 5. The summed E-state index contributed by atoms with van der Waals surface area (Å²) in [6.45, 7) is 0.139. The van der Waals surface area contributed by atoms with Crippen molar-refractivity contribution < 1.29 is 13.2 Å². The third-order valence-corrected chi connectivity index (χ3v) is 3.12. The summed E-state index contributed by atoms with van der Waals surface area (Å²) in [6, 6.07) is 5.09. The predicted molar refractivity (Wildman–Crippen MR) is 73.2 cm³/mol. The predicted octanol–water partition coefficient (Wildman–Crippen LogP) is 2.33. The molecule has 0 fully saturated rings. The molecule has 0 bridgehead atoms. The molecule has 0 saturated heterocycles. The second-order valence-corrected chi connectivity index (χ2v) is 4.59. The first kappa shape index (κ1) is 14.2. The van der Waals surface area contributed by atoms with Gasteiger partial charge in [0.15, 0.2) is 17.0 Å². The molecule has 6 nitrogen and oxygen atoms in total. The Labute approximate surface area is 123 Å². The van der Waals surface area contributed by atoms with Gasteiger partial charge in [0.05, 0.1) is 12.1 Å². The zero-order chi connectivity index (χ0) is 15.7. The summed E-state index contributed by atoms with van der Waals surface area (Å²) in [6.07, 6.45) is -3.03. The maximum absolute atomic E-state index is 12.7. The van der Waals surface area contributed by atoms with Gasteiger partial charge in [-0.25, -0.2) is 14.6 Å². The zero-order valence-electron chi connectivity index (χ0n) is 11.5. The number of alkyl halides is 3. The molecule has 0 amide bonds. The Morgan fingerprint density at radius 2 is 2.05 bits per heavy atom. The largest absolute Gasteiger partial charge is 0.416 e. The molecule has 3 rings (SSSR count). The molecule has 1 aromatic carbocycles. The first-order valence-electron chi connectivity index (χ1n) is 6.37. The van der Waals surface area contributed by atoms with E-state index in [0.29, 0.717) is 22.5 Å². The maximum Gasteiger partial charge on any atom is 0.416 e. The van der Waals surface area contributed by atoms with Gasteiger partial charge in [0, 0.05) is 7.05 Å². The highest BCUT2D eigenvalue weighted by Crippen LogP contribution is 2.29. The molecule has 114 valence electrons. The average molecular weight is 308 g/mol. The van der Waals surface area contributed by atoms with Crippen LogP contribution in [0.5, 0.6) is 0 Å². The number of nitrogens with zero attached hydrogens (tertiary/aromatic N) is 5. The highest BCUT2D eigenvalue weighted by atomic mass is 19.4. The lowest BCUT2D eigenvalue weighted by Gasteiger charge is -2.08. The molecule has 9 heteroatoms. The summed E-state index contributed by atoms with van der Waals surface area (Å²) in [5, 5.41) is 10.8. The standard InChI is InChI=1S/C13H11F3N6/c1-17-11-10-12(19-7-18-11)22(21-20-10)6-8-3-2-4-9(5-8)13(14,15)16/h2-5,7H,6H2,1H3,(H,17,18,19). The van der Waals surface area contributed by atoms with E-state index in [2.05, 4.69) is 25.6 Å². The van der Waals surface area contributed by atoms with Crippen LogP contribution in [0.25, 0.3) is 11.2 Å². The van der Waals surface area contributed by atoms with Crippen LogP contribution in [0.4, 0.5) is 19.0 Å². The van der Waals surface area contributed by atoms with Gasteiger partial charge in [-0.05, 0) is 17.7 Å². The Morgan fingerprint density at radius 3 is 2.77 bits per heavy atom. The van der Waals surface area contributed by atoms with Gasteiger partial charge in [-0.3, -0.25) is 0 Å². The van der Waals surface area contributed by atoms with Gasteiger partial charge in [-0.15, -0.1) is 5.10 Å². The van der Waals surface area contributed by atoms with E-state index >= 15 is 0 Å². The number of nitrogens with one attached hydrogen (secondary N) is 1. The zero-order valence-corrected chi connectivity index (χ0v) is 11.5. The van der Waals surface area contributed by atoms with E-state index in [1.54, 1.807) is 13.1 Å². The van der Waals surface area contributed by atoms with Crippen LogP contribution in [0.2, 0.25) is 0 Å². The van der Waals surface area contributed by atoms with Crippen molar-refractivity contribution in [2.24, 2.45) is 0 Å². The molecule has 0 atom stereocenters. The topological polar surface area (TPSA) is 68.5 Å². The molecule has 0 aliphatic heterocycles. The molecule has 2 aromatic heterocycles. The molecule has 0 radical (unpaired) electrons. The normalized spacial score (nSPS) is 11.8. The van der Waals surface area contributed by atoms with E-state index in [0.717, 1.165) is 12.1 Å². The molecule has 0 aliphatic rings. The summed E-state index contributed by atoms with van der Waals surface area (Å²) >= 11 is 0. The van der Waals surface area contributed by atoms with Crippen molar-refractivity contribution in [3.8, 4) is 0 Å². The van der Waals surface area contributed by atoms with Crippen LogP contribution in [-0.2, 0) is 12.7 Å². The molecular weight excluding hydrogens is 297 g/mol. The Kier molecular flexibility index (Phi) is 3.39. The number of benzene rings is 1. The van der Waals surface area contributed by atoms with Crippen molar-refractivity contribution in [2.45, 2.75) is 12.7 Å². The Bertz CT molecular complexity index is 811. The lowest BCUT2D eigenvalue weighted by molar-refractivity contribution is -0.137. The molecule has 3 aromatic rings. The van der Waals surface area contributed by atoms with Gasteiger partial charge in [0.1, 0.15) is 6.33 Å². The monoisotopic (exact) mass is 308 g/mol. The Balaban J connectivity index is 1.97. The number of hydrogen-bond donors (Lipinski definition) is 1. The fraction of sp³-hybridized carbons (Fsp3) is 0.231. The highest BCUT2D eigenvalue weighted by Gasteiger charge is 2.30. The third kappa shape index (κ3) is 2.57. The summed E-state index contributed by atoms with van der Waals surface area (Å²) in [7, 11) is 1.69. The minimum Gasteiger partial charge on any atom is -0.371 e. The van der Waals surface area contributed by atoms with Crippen LogP contribution in [0.3, 0.4) is 0 Å². The molecule has 2 heterocycles. The van der Waals surface area contributed by atoms with E-state index in [-0.39, 0.29) is 6.54 Å². The average Bonchev–Trinajstić information content (AvgIpc) is 2.90. The van der Waals surface area contributed by atoms with Crippen molar-refractivity contribution in [3.63, 3.8) is 0 Å². The smallest absolute Gasteiger partial charge is 0.371 e. The number of fused-ring (bicyclic) bond motifs is 1. The number of aromatic nitrogens is 5. The van der Waals surface area contributed by atoms with E-state index < -0.39 is 11.7 Å². The first-order chi connectivity index (χ1) is 10.5. The first-order valence-corrected chi connectivity index (χ1v) is 6.37. The molecule has 0 aliphatic carbocycles. The Morgan fingerprint density at radius 1 is 1.23 bits per heavy atom. The summed E-state index contributed by atoms with van der Waals surface area (Å²) in [5.74, 6) is 0.514. The minimum absolute atomic E-state index is 0.139. The van der Waals surface area contributed by atoms with E-state index in [1.807, 2.05) is 0 Å². The number of halogens is 3. The summed E-state index contributed by atoms with van der Waals surface area (Å²) in [5.41, 5.74) is 0.694. The van der Waals surface area contributed by atoms with Crippen molar-refractivity contribution in [2.75, 3.05) is 12.4 Å². The Hall–Kier alpha value is -2.71. The second-order valence-electron chi connectivity index (χ2n) is 4.59. The fourth-order valence-corrected chi connectivity index (χ4v) is 2.10. The van der Waals surface area contributed by atoms with Crippen LogP contribution >= 0.6 is 0 Å². The minimum atomic E-state index is -4.37. The fourth-order valence-electron chi connectivity index (χ4n) is 2.10. The van der Waals surface area contributed by atoms with Gasteiger partial charge in [0.25, 0.3) is 0 Å². The van der Waals surface area contributed by atoms with E-state index in [1.165, 1.54) is 17.1 Å². The highest BCUT2D eigenvalue weighted by molar-refractivity contribution is 5.81. The van der Waals surface area contributed by atoms with Crippen LogP contribution in [0.1, 0.15) is 11.1 Å². The van der Waals surface area contributed by atoms with Crippen molar-refractivity contribution in [1.29, 1.82) is 0 Å².